The minimum Gasteiger partial charge on any atom is -0.507 e. The molecule has 5 nitrogen and oxygen atoms in total. The number of para-hydroxylation sites is 1. The lowest BCUT2D eigenvalue weighted by Gasteiger charge is -2.18. The summed E-state index contributed by atoms with van der Waals surface area (Å²) in [6.07, 6.45) is 0. The van der Waals surface area contributed by atoms with Gasteiger partial charge >= 0.3 is 5.97 Å². The Morgan fingerprint density at radius 1 is 1.24 bits per heavy atom. The lowest BCUT2D eigenvalue weighted by atomic mass is 10.0. The first kappa shape index (κ1) is 13.0. The number of hydrogen-bond donors (Lipinski definition) is 3. The Balaban J connectivity index is 2.85. The van der Waals surface area contributed by atoms with Crippen molar-refractivity contribution < 1.29 is 19.8 Å². The molecule has 17 heavy (non-hydrogen) atoms. The molecule has 1 aromatic rings. The van der Waals surface area contributed by atoms with E-state index in [0.717, 1.165) is 0 Å². The van der Waals surface area contributed by atoms with Crippen LogP contribution in [0.1, 0.15) is 24.2 Å². The first-order valence-corrected chi connectivity index (χ1v) is 5.25. The molecule has 0 aliphatic rings. The fraction of sp³-hybridized carbons (Fsp3) is 0.333. The van der Waals surface area contributed by atoms with Gasteiger partial charge in [-0.15, -0.1) is 0 Å². The van der Waals surface area contributed by atoms with Gasteiger partial charge in [-0.2, -0.15) is 0 Å². The van der Waals surface area contributed by atoms with Crippen molar-refractivity contribution in [2.75, 3.05) is 0 Å². The second kappa shape index (κ2) is 5.34. The summed E-state index contributed by atoms with van der Waals surface area (Å²) in [6, 6.07) is 5.02. The molecule has 5 heteroatoms. The van der Waals surface area contributed by atoms with E-state index in [9.17, 15) is 14.7 Å². The van der Waals surface area contributed by atoms with E-state index in [1.54, 1.807) is 26.0 Å². The predicted molar refractivity (Wildman–Crippen MR) is 61.8 cm³/mol. The number of rotatable bonds is 4. The van der Waals surface area contributed by atoms with Crippen molar-refractivity contribution in [1.82, 2.24) is 5.32 Å². The van der Waals surface area contributed by atoms with Gasteiger partial charge in [0, 0.05) is 0 Å². The number of hydrogen-bond acceptors (Lipinski definition) is 3. The van der Waals surface area contributed by atoms with Crippen molar-refractivity contribution in [3.8, 4) is 5.75 Å². The molecule has 0 unspecified atom stereocenters. The smallest absolute Gasteiger partial charge is 0.326 e. The molecular weight excluding hydrogens is 222 g/mol. The van der Waals surface area contributed by atoms with Crippen molar-refractivity contribution in [3.05, 3.63) is 29.8 Å². The summed E-state index contributed by atoms with van der Waals surface area (Å²) in [5, 5.41) is 20.8. The predicted octanol–water partition coefficient (Wildman–Crippen LogP) is 1.23. The number of benzene rings is 1. The van der Waals surface area contributed by atoms with Crippen LogP contribution >= 0.6 is 0 Å². The monoisotopic (exact) mass is 237 g/mol. The van der Waals surface area contributed by atoms with Crippen LogP contribution in [0.15, 0.2) is 24.3 Å². The van der Waals surface area contributed by atoms with E-state index in [0.29, 0.717) is 0 Å². The fourth-order valence-corrected chi connectivity index (χ4v) is 1.40. The summed E-state index contributed by atoms with van der Waals surface area (Å²) in [7, 11) is 0. The van der Waals surface area contributed by atoms with Gasteiger partial charge < -0.3 is 15.5 Å². The van der Waals surface area contributed by atoms with E-state index >= 15 is 0 Å². The highest BCUT2D eigenvalue weighted by molar-refractivity contribution is 5.98. The highest BCUT2D eigenvalue weighted by atomic mass is 16.4. The highest BCUT2D eigenvalue weighted by Gasteiger charge is 2.24. The molecule has 92 valence electrons. The summed E-state index contributed by atoms with van der Waals surface area (Å²) in [4.78, 5) is 22.7. The lowest BCUT2D eigenvalue weighted by molar-refractivity contribution is -0.140. The molecule has 3 N–H and O–H groups in total. The number of carbonyl (C=O) groups is 2. The van der Waals surface area contributed by atoms with Gasteiger partial charge in [0.15, 0.2) is 0 Å². The highest BCUT2D eigenvalue weighted by Crippen LogP contribution is 2.16. The van der Waals surface area contributed by atoms with Gasteiger partial charge in [-0.05, 0) is 18.1 Å². The van der Waals surface area contributed by atoms with Crippen molar-refractivity contribution in [2.45, 2.75) is 19.9 Å². The van der Waals surface area contributed by atoms with E-state index < -0.39 is 17.9 Å². The molecule has 1 atom stereocenters. The molecule has 0 fully saturated rings. The van der Waals surface area contributed by atoms with Gasteiger partial charge in [-0.3, -0.25) is 4.79 Å². The number of phenols is 1. The van der Waals surface area contributed by atoms with Crippen LogP contribution in [0.2, 0.25) is 0 Å². The topological polar surface area (TPSA) is 86.6 Å². The quantitative estimate of drug-likeness (QED) is 0.735. The van der Waals surface area contributed by atoms with Crippen LogP contribution in [0.25, 0.3) is 0 Å². The third-order valence-corrected chi connectivity index (χ3v) is 2.37. The molecule has 0 heterocycles. The van der Waals surface area contributed by atoms with Crippen molar-refractivity contribution >= 4 is 11.9 Å². The number of carbonyl (C=O) groups excluding carboxylic acids is 1. The third-order valence-electron chi connectivity index (χ3n) is 2.37. The normalized spacial score (nSPS) is 12.2. The summed E-state index contributed by atoms with van der Waals surface area (Å²) in [5.74, 6) is -2.09. The first-order chi connectivity index (χ1) is 7.93. The van der Waals surface area contributed by atoms with Crippen molar-refractivity contribution in [2.24, 2.45) is 5.92 Å². The Hall–Kier alpha value is -2.04. The largest absolute Gasteiger partial charge is 0.507 e. The summed E-state index contributed by atoms with van der Waals surface area (Å²) < 4.78 is 0. The Bertz CT molecular complexity index is 428. The second-order valence-corrected chi connectivity index (χ2v) is 4.05. The molecule has 0 aliphatic heterocycles. The molecule has 1 amide bonds. The summed E-state index contributed by atoms with van der Waals surface area (Å²) in [5.41, 5.74) is 0.0689. The fourth-order valence-electron chi connectivity index (χ4n) is 1.40. The van der Waals surface area contributed by atoms with Crippen molar-refractivity contribution in [3.63, 3.8) is 0 Å². The van der Waals surface area contributed by atoms with Crippen LogP contribution in [0.3, 0.4) is 0 Å². The molecule has 1 aromatic carbocycles. The molecule has 1 rings (SSSR count). The van der Waals surface area contributed by atoms with Crippen LogP contribution < -0.4 is 5.32 Å². The van der Waals surface area contributed by atoms with E-state index in [-0.39, 0.29) is 17.2 Å². The zero-order valence-electron chi connectivity index (χ0n) is 9.68. The summed E-state index contributed by atoms with van der Waals surface area (Å²) in [6.45, 7) is 3.40. The van der Waals surface area contributed by atoms with Gasteiger partial charge in [-0.1, -0.05) is 26.0 Å². The number of aliphatic carboxylic acids is 1. The van der Waals surface area contributed by atoms with E-state index in [1.807, 2.05) is 0 Å². The molecule has 0 saturated carbocycles. The minimum absolute atomic E-state index is 0.0689. The second-order valence-electron chi connectivity index (χ2n) is 4.05. The number of carboxylic acid groups (broad SMARTS) is 1. The van der Waals surface area contributed by atoms with Gasteiger partial charge in [-0.25, -0.2) is 4.79 Å². The SMILES string of the molecule is CC(C)[C@H](NC(=O)c1ccccc1O)C(=O)O. The number of phenolic OH excluding ortho intramolecular Hbond substituents is 1. The number of nitrogens with one attached hydrogen (secondary N) is 1. The molecule has 0 saturated heterocycles. The van der Waals surface area contributed by atoms with Crippen LogP contribution in [0.5, 0.6) is 5.75 Å². The Morgan fingerprint density at radius 3 is 2.29 bits per heavy atom. The number of aromatic hydroxyl groups is 1. The average Bonchev–Trinajstić information content (AvgIpc) is 2.25. The first-order valence-electron chi connectivity index (χ1n) is 5.25. The molecule has 0 spiro atoms. The maximum absolute atomic E-state index is 11.8. The van der Waals surface area contributed by atoms with Crippen LogP contribution in [0, 0.1) is 5.92 Å². The molecule has 0 bridgehead atoms. The molecule has 0 aromatic heterocycles. The van der Waals surface area contributed by atoms with Crippen LogP contribution in [-0.2, 0) is 4.79 Å². The van der Waals surface area contributed by atoms with E-state index in [4.69, 9.17) is 5.11 Å². The van der Waals surface area contributed by atoms with E-state index in [1.165, 1.54) is 12.1 Å². The standard InChI is InChI=1S/C12H15NO4/c1-7(2)10(12(16)17)13-11(15)8-5-3-4-6-9(8)14/h3-7,10,14H,1-2H3,(H,13,15)(H,16,17)/t10-/m0/s1. The van der Waals surface area contributed by atoms with Gasteiger partial charge in [0.25, 0.3) is 5.91 Å². The van der Waals surface area contributed by atoms with Crippen LogP contribution in [0.4, 0.5) is 0 Å². The average molecular weight is 237 g/mol. The van der Waals surface area contributed by atoms with E-state index in [2.05, 4.69) is 5.32 Å². The number of amides is 1. The molecule has 0 radical (unpaired) electrons. The third kappa shape index (κ3) is 3.21. The maximum Gasteiger partial charge on any atom is 0.326 e. The Morgan fingerprint density at radius 2 is 1.82 bits per heavy atom. The Kier molecular flexibility index (Phi) is 4.09. The van der Waals surface area contributed by atoms with Gasteiger partial charge in [0.05, 0.1) is 5.56 Å². The van der Waals surface area contributed by atoms with Gasteiger partial charge in [0.1, 0.15) is 11.8 Å². The lowest BCUT2D eigenvalue weighted by Crippen LogP contribution is -2.44. The van der Waals surface area contributed by atoms with Gasteiger partial charge in [0.2, 0.25) is 0 Å². The summed E-state index contributed by atoms with van der Waals surface area (Å²) >= 11 is 0. The zero-order chi connectivity index (χ0) is 13.0. The number of carboxylic acids is 1. The van der Waals surface area contributed by atoms with Crippen molar-refractivity contribution in [1.29, 1.82) is 0 Å². The zero-order valence-corrected chi connectivity index (χ0v) is 9.68. The minimum atomic E-state index is -1.09. The molecule has 0 aliphatic carbocycles. The molecular formula is C12H15NO4. The Labute approximate surface area is 99.1 Å². The van der Waals surface area contributed by atoms with Crippen LogP contribution in [-0.4, -0.2) is 28.1 Å². The maximum atomic E-state index is 11.8.